The van der Waals surface area contributed by atoms with Crippen molar-refractivity contribution in [3.63, 3.8) is 0 Å². The molecule has 0 saturated heterocycles. The quantitative estimate of drug-likeness (QED) is 0.672. The minimum absolute atomic E-state index is 0.112. The number of hydrogen-bond acceptors (Lipinski definition) is 2. The van der Waals surface area contributed by atoms with Crippen molar-refractivity contribution < 1.29 is 9.53 Å². The molecule has 75 valence electrons. The van der Waals surface area contributed by atoms with E-state index in [-0.39, 0.29) is 6.10 Å². The highest BCUT2D eigenvalue weighted by Crippen LogP contribution is 2.34. The van der Waals surface area contributed by atoms with E-state index in [4.69, 9.17) is 4.74 Å². The van der Waals surface area contributed by atoms with Crippen molar-refractivity contribution in [2.45, 2.75) is 46.1 Å². The van der Waals surface area contributed by atoms with Crippen molar-refractivity contribution in [1.29, 1.82) is 0 Å². The zero-order valence-electron chi connectivity index (χ0n) is 8.75. The van der Waals surface area contributed by atoms with Crippen LogP contribution in [0.2, 0.25) is 0 Å². The summed E-state index contributed by atoms with van der Waals surface area (Å²) in [5.74, 6) is 1.83. The molecule has 0 amide bonds. The van der Waals surface area contributed by atoms with Gasteiger partial charge in [-0.2, -0.15) is 0 Å². The topological polar surface area (TPSA) is 26.3 Å². The van der Waals surface area contributed by atoms with Crippen LogP contribution in [0.4, 0.5) is 0 Å². The molecule has 0 bridgehead atoms. The third-order valence-corrected chi connectivity index (χ3v) is 3.16. The van der Waals surface area contributed by atoms with Crippen molar-refractivity contribution in [1.82, 2.24) is 0 Å². The molecule has 1 saturated carbocycles. The summed E-state index contributed by atoms with van der Waals surface area (Å²) in [5.41, 5.74) is 0. The van der Waals surface area contributed by atoms with Crippen LogP contribution >= 0.6 is 0 Å². The van der Waals surface area contributed by atoms with E-state index in [9.17, 15) is 4.79 Å². The Morgan fingerprint density at radius 2 is 2.08 bits per heavy atom. The number of ether oxygens (including phenoxy) is 1. The van der Waals surface area contributed by atoms with E-state index >= 15 is 0 Å². The molecule has 1 aliphatic rings. The lowest BCUT2D eigenvalue weighted by Crippen LogP contribution is -2.33. The average Bonchev–Trinajstić information content (AvgIpc) is 2.04. The van der Waals surface area contributed by atoms with Crippen LogP contribution in [-0.4, -0.2) is 12.6 Å². The summed E-state index contributed by atoms with van der Waals surface area (Å²) in [7, 11) is 0. The molecule has 0 aliphatic heterocycles. The van der Waals surface area contributed by atoms with E-state index in [1.54, 1.807) is 6.47 Å². The normalized spacial score (nSPS) is 34.6. The van der Waals surface area contributed by atoms with Gasteiger partial charge in [0.25, 0.3) is 0 Å². The molecule has 0 aromatic heterocycles. The lowest BCUT2D eigenvalue weighted by Gasteiger charge is -2.35. The zero-order chi connectivity index (χ0) is 9.84. The highest BCUT2D eigenvalue weighted by atomic mass is 16.5. The summed E-state index contributed by atoms with van der Waals surface area (Å²) in [5, 5.41) is 0. The van der Waals surface area contributed by atoms with Gasteiger partial charge in [0.05, 0.1) is 0 Å². The zero-order valence-corrected chi connectivity index (χ0v) is 8.75. The lowest BCUT2D eigenvalue weighted by atomic mass is 9.75. The summed E-state index contributed by atoms with van der Waals surface area (Å²) in [6.45, 7) is 8.21. The van der Waals surface area contributed by atoms with Crippen molar-refractivity contribution in [3.05, 3.63) is 0 Å². The molecule has 1 rings (SSSR count). The first-order chi connectivity index (χ1) is 6.15. The molecule has 3 atom stereocenters. The van der Waals surface area contributed by atoms with Crippen LogP contribution in [0.3, 0.4) is 0 Å². The molecule has 1 aliphatic carbocycles. The molecular formula is C11H19O2. The Bertz CT molecular complexity index is 165. The van der Waals surface area contributed by atoms with Crippen LogP contribution in [0.1, 0.15) is 40.0 Å². The minimum Gasteiger partial charge on any atom is -0.454 e. The van der Waals surface area contributed by atoms with Gasteiger partial charge in [-0.25, -0.2) is 4.79 Å². The summed E-state index contributed by atoms with van der Waals surface area (Å²) >= 11 is 0. The van der Waals surface area contributed by atoms with E-state index in [1.807, 2.05) is 0 Å². The fourth-order valence-electron chi connectivity index (χ4n) is 2.31. The van der Waals surface area contributed by atoms with Gasteiger partial charge in [0, 0.05) is 0 Å². The average molecular weight is 183 g/mol. The van der Waals surface area contributed by atoms with E-state index in [1.165, 1.54) is 12.8 Å². The molecule has 13 heavy (non-hydrogen) atoms. The summed E-state index contributed by atoms with van der Waals surface area (Å²) in [4.78, 5) is 10.2. The van der Waals surface area contributed by atoms with Crippen molar-refractivity contribution >= 4 is 6.47 Å². The van der Waals surface area contributed by atoms with E-state index in [0.29, 0.717) is 17.8 Å². The second-order valence-corrected chi connectivity index (χ2v) is 4.57. The third kappa shape index (κ3) is 2.71. The summed E-state index contributed by atoms with van der Waals surface area (Å²) < 4.78 is 5.02. The molecule has 0 spiro atoms. The van der Waals surface area contributed by atoms with Gasteiger partial charge in [-0.15, -0.1) is 0 Å². The highest BCUT2D eigenvalue weighted by Gasteiger charge is 2.31. The number of hydrogen-bond donors (Lipinski definition) is 0. The fourth-order valence-corrected chi connectivity index (χ4v) is 2.31. The molecule has 0 heterocycles. The largest absolute Gasteiger partial charge is 0.454 e. The Hall–Kier alpha value is -0.530. The maximum Gasteiger partial charge on any atom is 0.417 e. The standard InChI is InChI=1S/C11H19O2/c1-8(2)10-5-4-9(3)6-11(10)13-7-12/h8-11H,4-6H2,1-3H3. The smallest absolute Gasteiger partial charge is 0.417 e. The second-order valence-electron chi connectivity index (χ2n) is 4.57. The molecular weight excluding hydrogens is 164 g/mol. The van der Waals surface area contributed by atoms with Crippen LogP contribution < -0.4 is 0 Å². The van der Waals surface area contributed by atoms with Crippen LogP contribution in [0.25, 0.3) is 0 Å². The van der Waals surface area contributed by atoms with Crippen LogP contribution in [0.5, 0.6) is 0 Å². The Labute approximate surface area is 80.7 Å². The monoisotopic (exact) mass is 183 g/mol. The maximum absolute atomic E-state index is 10.2. The first kappa shape index (κ1) is 10.6. The van der Waals surface area contributed by atoms with E-state index in [2.05, 4.69) is 20.8 Å². The van der Waals surface area contributed by atoms with Crippen LogP contribution in [0, 0.1) is 17.8 Å². The Kier molecular flexibility index (Phi) is 3.76. The number of rotatable bonds is 3. The molecule has 2 nitrogen and oxygen atoms in total. The van der Waals surface area contributed by atoms with Crippen molar-refractivity contribution in [3.8, 4) is 0 Å². The van der Waals surface area contributed by atoms with E-state index < -0.39 is 0 Å². The van der Waals surface area contributed by atoms with Crippen LogP contribution in [0.15, 0.2) is 0 Å². The maximum atomic E-state index is 10.2. The first-order valence-electron chi connectivity index (χ1n) is 5.18. The molecule has 3 unspecified atom stereocenters. The molecule has 0 aromatic carbocycles. The molecule has 1 radical (unpaired) electrons. The van der Waals surface area contributed by atoms with Gasteiger partial charge >= 0.3 is 6.47 Å². The van der Waals surface area contributed by atoms with Crippen LogP contribution in [-0.2, 0) is 9.53 Å². The van der Waals surface area contributed by atoms with Gasteiger partial charge in [-0.3, -0.25) is 0 Å². The highest BCUT2D eigenvalue weighted by molar-refractivity contribution is 5.38. The second kappa shape index (κ2) is 4.64. The Morgan fingerprint density at radius 1 is 1.38 bits per heavy atom. The van der Waals surface area contributed by atoms with Crippen molar-refractivity contribution in [2.75, 3.05) is 0 Å². The molecule has 0 N–H and O–H groups in total. The van der Waals surface area contributed by atoms with Gasteiger partial charge < -0.3 is 4.74 Å². The Morgan fingerprint density at radius 3 is 2.62 bits per heavy atom. The summed E-state index contributed by atoms with van der Waals surface area (Å²) in [6.07, 6.45) is 3.58. The predicted molar refractivity (Wildman–Crippen MR) is 51.9 cm³/mol. The van der Waals surface area contributed by atoms with E-state index in [0.717, 1.165) is 6.42 Å². The van der Waals surface area contributed by atoms with Gasteiger partial charge in [0.15, 0.2) is 0 Å². The van der Waals surface area contributed by atoms with Gasteiger partial charge in [-0.05, 0) is 30.6 Å². The van der Waals surface area contributed by atoms with Crippen molar-refractivity contribution in [2.24, 2.45) is 17.8 Å². The SMILES string of the molecule is CC1CCC(C(C)C)C(O[C]=O)C1. The first-order valence-corrected chi connectivity index (χ1v) is 5.18. The lowest BCUT2D eigenvalue weighted by molar-refractivity contribution is 0.0343. The third-order valence-electron chi connectivity index (χ3n) is 3.16. The fraction of sp³-hybridized carbons (Fsp3) is 0.909. The minimum atomic E-state index is 0.112. The van der Waals surface area contributed by atoms with Gasteiger partial charge in [-0.1, -0.05) is 27.2 Å². The molecule has 2 heteroatoms. The summed E-state index contributed by atoms with van der Waals surface area (Å²) in [6, 6.07) is 0. The molecule has 0 aromatic rings. The predicted octanol–water partition coefficient (Wildman–Crippen LogP) is 2.53. The van der Waals surface area contributed by atoms with Gasteiger partial charge in [0.2, 0.25) is 0 Å². The molecule has 1 fully saturated rings. The Balaban J connectivity index is 2.54. The number of carbonyl (C=O) groups excluding carboxylic acids is 1. The van der Waals surface area contributed by atoms with Gasteiger partial charge in [0.1, 0.15) is 6.10 Å².